The molecule has 0 bridgehead atoms. The first-order chi connectivity index (χ1) is 29.6. The summed E-state index contributed by atoms with van der Waals surface area (Å²) in [4.78, 5) is 0. The van der Waals surface area contributed by atoms with Crippen LogP contribution in [0.15, 0.2) is 169 Å². The highest BCUT2D eigenvalue weighted by atomic mass is 14.2. The molecule has 0 unspecified atom stereocenters. The Balaban J connectivity index is 1.77. The Hall–Kier alpha value is -5.46. The minimum absolute atomic E-state index is 0.134. The molecule has 0 saturated heterocycles. The highest BCUT2D eigenvalue weighted by molar-refractivity contribution is 6.24. The van der Waals surface area contributed by atoms with Gasteiger partial charge in [-0.25, -0.2) is 0 Å². The van der Waals surface area contributed by atoms with Crippen LogP contribution in [0.5, 0.6) is 0 Å². The SMILES string of the molecule is [2H]c1c([2H])c([2H])c(-c2c([2H])c([2H])c([2H])c([2H])c2-c2c([2H])c([2H])c3c(-c4c([2H])c([2H])c([2H])c([2H])c4[2H])c4c([2H])c([2H])c([2H])c([2H])c4c(-c4cccc5ccccc45)c3c2[2H])c([2H])c1[2H]. The molecule has 196 valence electrons. The van der Waals surface area contributed by atoms with E-state index in [1.165, 1.54) is 0 Å². The number of hydrogen-bond donors (Lipinski definition) is 0. The molecule has 0 heterocycles. The number of fused-ring (bicyclic) bond motifs is 3. The van der Waals surface area contributed by atoms with Crippen LogP contribution >= 0.6 is 0 Å². The molecule has 0 heteroatoms. The van der Waals surface area contributed by atoms with E-state index in [0.29, 0.717) is 10.8 Å². The molecule has 0 saturated carbocycles. The summed E-state index contributed by atoms with van der Waals surface area (Å²) in [6.07, 6.45) is 0. The summed E-state index contributed by atoms with van der Waals surface area (Å²) in [5.74, 6) is 0. The molecule has 0 aliphatic rings. The molecule has 0 nitrogen and oxygen atoms in total. The van der Waals surface area contributed by atoms with Gasteiger partial charge >= 0.3 is 0 Å². The lowest BCUT2D eigenvalue weighted by molar-refractivity contribution is 1.59. The molecule has 0 radical (unpaired) electrons. The summed E-state index contributed by atoms with van der Waals surface area (Å²) in [5.41, 5.74) is -3.83. The van der Waals surface area contributed by atoms with Crippen LogP contribution in [-0.2, 0) is 0 Å². The fourth-order valence-corrected chi connectivity index (χ4v) is 5.24. The monoisotopic (exact) mass is 553 g/mol. The van der Waals surface area contributed by atoms with Crippen molar-refractivity contribution in [3.05, 3.63) is 169 Å². The van der Waals surface area contributed by atoms with Gasteiger partial charge in [0.15, 0.2) is 0 Å². The second kappa shape index (κ2) is 10.2. The van der Waals surface area contributed by atoms with E-state index in [-0.39, 0.29) is 21.9 Å². The topological polar surface area (TPSA) is 0 Å². The second-order valence-electron chi connectivity index (χ2n) is 9.28. The predicted octanol–water partition coefficient (Wildman–Crippen LogP) is 11.8. The van der Waals surface area contributed by atoms with Gasteiger partial charge in [-0.3, -0.25) is 0 Å². The van der Waals surface area contributed by atoms with Crippen molar-refractivity contribution in [2.24, 2.45) is 0 Å². The quantitative estimate of drug-likeness (QED) is 0.190. The van der Waals surface area contributed by atoms with E-state index < -0.39 is 171 Å². The van der Waals surface area contributed by atoms with Gasteiger partial charge in [0, 0.05) is 0 Å². The van der Waals surface area contributed by atoms with E-state index in [0.717, 1.165) is 0 Å². The Kier molecular flexibility index (Phi) is 2.69. The van der Waals surface area contributed by atoms with E-state index in [1.807, 2.05) is 0 Å². The Bertz CT molecular complexity index is 3350. The molecule has 0 fully saturated rings. The van der Waals surface area contributed by atoms with E-state index in [4.69, 9.17) is 20.6 Å². The Morgan fingerprint density at radius 1 is 0.333 bits per heavy atom. The van der Waals surface area contributed by atoms with Crippen molar-refractivity contribution >= 4 is 32.3 Å². The predicted molar refractivity (Wildman–Crippen MR) is 181 cm³/mol. The molecule has 0 aromatic heterocycles. The lowest BCUT2D eigenvalue weighted by atomic mass is 9.83. The maximum Gasteiger partial charge on any atom is 0.0636 e. The minimum atomic E-state index is -0.941. The zero-order chi connectivity index (χ0) is 46.2. The lowest BCUT2D eigenvalue weighted by Gasteiger charge is -2.20. The van der Waals surface area contributed by atoms with Crippen LogP contribution in [-0.4, -0.2) is 0 Å². The molecule has 8 aromatic rings. The van der Waals surface area contributed by atoms with E-state index in [9.17, 15) is 8.22 Å². The second-order valence-corrected chi connectivity index (χ2v) is 9.28. The minimum Gasteiger partial charge on any atom is -0.0622 e. The van der Waals surface area contributed by atoms with Crippen LogP contribution in [0.1, 0.15) is 28.8 Å². The fraction of sp³-hybridized carbons (Fsp3) is 0. The van der Waals surface area contributed by atoms with E-state index in [2.05, 4.69) is 0 Å². The van der Waals surface area contributed by atoms with E-state index >= 15 is 0 Å². The third-order valence-corrected chi connectivity index (χ3v) is 7.00. The van der Waals surface area contributed by atoms with Gasteiger partial charge in [-0.05, 0) is 82.9 Å². The fourth-order valence-electron chi connectivity index (χ4n) is 5.24. The van der Waals surface area contributed by atoms with Crippen molar-refractivity contribution in [2.75, 3.05) is 0 Å². The first-order valence-corrected chi connectivity index (χ1v) is 12.8. The molecule has 42 heavy (non-hydrogen) atoms. The standard InChI is InChI=1S/C42H28/c1-3-14-29(15-4-1)33-20-9-10-22-35(33)32-26-27-39-40(28-32)42(36-25-13-19-30-16-7-8-21-34(30)36)38-24-12-11-23-37(38)41(39)31-17-5-2-6-18-31/h1-28H/i1D,2D,3D,4D,5D,6D,9D,10D,11D,12D,14D,15D,17D,18D,20D,22D,23D,24D,26D,27D,28D. The molecule has 0 N–H and O–H groups in total. The third kappa shape index (κ3) is 4.00. The number of benzene rings is 8. The summed E-state index contributed by atoms with van der Waals surface area (Å²) in [5, 5.41) is -0.503. The summed E-state index contributed by atoms with van der Waals surface area (Å²) in [7, 11) is 0. The van der Waals surface area contributed by atoms with Gasteiger partial charge in [0.25, 0.3) is 0 Å². The molecule has 0 spiro atoms. The van der Waals surface area contributed by atoms with Crippen LogP contribution in [0.4, 0.5) is 0 Å². The van der Waals surface area contributed by atoms with Crippen LogP contribution in [0, 0.1) is 0 Å². The summed E-state index contributed by atoms with van der Waals surface area (Å²) in [6, 6.07) is -5.81. The zero-order valence-corrected chi connectivity index (χ0v) is 21.5. The Morgan fingerprint density at radius 3 is 1.67 bits per heavy atom. The van der Waals surface area contributed by atoms with Gasteiger partial charge in [0.2, 0.25) is 0 Å². The average molecular weight is 554 g/mol. The molecular weight excluding hydrogens is 504 g/mol. The first-order valence-electron chi connectivity index (χ1n) is 23.3. The van der Waals surface area contributed by atoms with Crippen LogP contribution < -0.4 is 0 Å². The average Bonchev–Trinajstić information content (AvgIpc) is 3.27. The smallest absolute Gasteiger partial charge is 0.0622 e. The Morgan fingerprint density at radius 2 is 0.905 bits per heavy atom. The lowest BCUT2D eigenvalue weighted by Crippen LogP contribution is -1.93. The number of rotatable bonds is 4. The van der Waals surface area contributed by atoms with Gasteiger partial charge in [0.1, 0.15) is 0 Å². The maximum absolute atomic E-state index is 10.1. The molecular formula is C42H28. The van der Waals surface area contributed by atoms with Gasteiger partial charge in [-0.15, -0.1) is 0 Å². The largest absolute Gasteiger partial charge is 0.0636 e. The van der Waals surface area contributed by atoms with Crippen LogP contribution in [0.25, 0.3) is 76.8 Å². The van der Waals surface area contributed by atoms with Crippen LogP contribution in [0.2, 0.25) is 0 Å². The molecule has 8 aromatic carbocycles. The van der Waals surface area contributed by atoms with Crippen LogP contribution in [0.3, 0.4) is 0 Å². The summed E-state index contributed by atoms with van der Waals surface area (Å²) < 4.78 is 187. The molecule has 0 amide bonds. The van der Waals surface area contributed by atoms with Crippen molar-refractivity contribution < 1.29 is 28.8 Å². The highest BCUT2D eigenvalue weighted by Gasteiger charge is 2.19. The van der Waals surface area contributed by atoms with Crippen molar-refractivity contribution in [1.29, 1.82) is 0 Å². The molecule has 0 atom stereocenters. The maximum atomic E-state index is 10.1. The van der Waals surface area contributed by atoms with Crippen molar-refractivity contribution in [3.8, 4) is 44.5 Å². The molecule has 0 aliphatic heterocycles. The normalized spacial score (nSPS) is 18.3. The molecule has 8 rings (SSSR count). The molecule has 0 aliphatic carbocycles. The zero-order valence-electron chi connectivity index (χ0n) is 42.5. The van der Waals surface area contributed by atoms with Gasteiger partial charge < -0.3 is 0 Å². The van der Waals surface area contributed by atoms with Crippen molar-refractivity contribution in [2.45, 2.75) is 0 Å². The summed E-state index contributed by atoms with van der Waals surface area (Å²) in [6.45, 7) is 0. The van der Waals surface area contributed by atoms with Gasteiger partial charge in [-0.2, -0.15) is 0 Å². The van der Waals surface area contributed by atoms with E-state index in [1.54, 1.807) is 42.5 Å². The highest BCUT2D eigenvalue weighted by Crippen LogP contribution is 2.46. The number of hydrogen-bond acceptors (Lipinski definition) is 0. The summed E-state index contributed by atoms with van der Waals surface area (Å²) >= 11 is 0. The van der Waals surface area contributed by atoms with Gasteiger partial charge in [-0.1, -0.05) is 163 Å². The van der Waals surface area contributed by atoms with Gasteiger partial charge in [0.05, 0.1) is 28.8 Å². The van der Waals surface area contributed by atoms with Crippen molar-refractivity contribution in [3.63, 3.8) is 0 Å². The first kappa shape index (κ1) is 11.1. The Labute approximate surface area is 275 Å². The third-order valence-electron chi connectivity index (χ3n) is 7.00. The van der Waals surface area contributed by atoms with Crippen molar-refractivity contribution in [1.82, 2.24) is 0 Å².